The zero-order valence-corrected chi connectivity index (χ0v) is 8.44. The van der Waals surface area contributed by atoms with Crippen molar-refractivity contribution in [2.75, 3.05) is 7.11 Å². The Kier molecular flexibility index (Phi) is 2.68. The first-order valence-corrected chi connectivity index (χ1v) is 4.49. The van der Waals surface area contributed by atoms with Gasteiger partial charge in [0.15, 0.2) is 6.39 Å². The third kappa shape index (κ3) is 1.79. The Morgan fingerprint density at radius 3 is 2.94 bits per heavy atom. The average Bonchev–Trinajstić information content (AvgIpc) is 2.81. The van der Waals surface area contributed by atoms with Crippen LogP contribution in [0.25, 0.3) is 11.3 Å². The number of nitrogens with zero attached hydrogens (tertiary/aromatic N) is 1. The van der Waals surface area contributed by atoms with Gasteiger partial charge >= 0.3 is 5.97 Å². The lowest BCUT2D eigenvalue weighted by Crippen LogP contribution is -2.04. The van der Waals surface area contributed by atoms with Gasteiger partial charge in [-0.05, 0) is 18.2 Å². The van der Waals surface area contributed by atoms with E-state index in [1.165, 1.54) is 38.0 Å². The maximum Gasteiger partial charge on any atom is 0.338 e. The van der Waals surface area contributed by atoms with E-state index in [2.05, 4.69) is 9.72 Å². The van der Waals surface area contributed by atoms with Crippen LogP contribution in [0, 0.1) is 5.82 Å². The zero-order valence-electron chi connectivity index (χ0n) is 8.44. The lowest BCUT2D eigenvalue weighted by molar-refractivity contribution is 0.0601. The minimum Gasteiger partial charge on any atom is -0.465 e. The molecule has 0 aliphatic heterocycles. The van der Waals surface area contributed by atoms with Crippen LogP contribution >= 0.6 is 0 Å². The van der Waals surface area contributed by atoms with Crippen molar-refractivity contribution in [2.24, 2.45) is 0 Å². The number of hydrogen-bond donors (Lipinski definition) is 0. The summed E-state index contributed by atoms with van der Waals surface area (Å²) in [6.07, 6.45) is 2.54. The quantitative estimate of drug-likeness (QED) is 0.730. The lowest BCUT2D eigenvalue weighted by atomic mass is 10.1. The van der Waals surface area contributed by atoms with Crippen molar-refractivity contribution in [1.29, 1.82) is 0 Å². The molecule has 0 bridgehead atoms. The van der Waals surface area contributed by atoms with E-state index in [-0.39, 0.29) is 5.56 Å². The maximum atomic E-state index is 13.1. The van der Waals surface area contributed by atoms with Crippen LogP contribution in [-0.2, 0) is 4.74 Å². The smallest absolute Gasteiger partial charge is 0.338 e. The summed E-state index contributed by atoms with van der Waals surface area (Å²) >= 11 is 0. The third-order valence-electron chi connectivity index (χ3n) is 2.10. The van der Waals surface area contributed by atoms with E-state index in [9.17, 15) is 9.18 Å². The summed E-state index contributed by atoms with van der Waals surface area (Å²) in [7, 11) is 1.26. The number of oxazole rings is 1. The molecule has 0 aliphatic carbocycles. The number of rotatable bonds is 2. The molecule has 0 N–H and O–H groups in total. The average molecular weight is 221 g/mol. The fourth-order valence-electron chi connectivity index (χ4n) is 1.36. The molecule has 1 heterocycles. The summed E-state index contributed by atoms with van der Waals surface area (Å²) in [5.41, 5.74) is 0.985. The van der Waals surface area contributed by atoms with Crippen LogP contribution < -0.4 is 0 Å². The van der Waals surface area contributed by atoms with Gasteiger partial charge in [-0.15, -0.1) is 0 Å². The van der Waals surface area contributed by atoms with Crippen molar-refractivity contribution in [3.63, 3.8) is 0 Å². The molecule has 4 nitrogen and oxygen atoms in total. The van der Waals surface area contributed by atoms with Crippen molar-refractivity contribution in [3.05, 3.63) is 42.2 Å². The van der Waals surface area contributed by atoms with Crippen molar-refractivity contribution in [2.45, 2.75) is 0 Å². The molecule has 2 aromatic rings. The van der Waals surface area contributed by atoms with E-state index in [1.54, 1.807) is 0 Å². The van der Waals surface area contributed by atoms with E-state index < -0.39 is 11.8 Å². The van der Waals surface area contributed by atoms with Gasteiger partial charge in [0.2, 0.25) is 0 Å². The molecule has 1 aromatic heterocycles. The normalized spacial score (nSPS) is 10.1. The second-order valence-electron chi connectivity index (χ2n) is 3.06. The molecular formula is C11H8FNO3. The highest BCUT2D eigenvalue weighted by molar-refractivity contribution is 5.96. The van der Waals surface area contributed by atoms with Gasteiger partial charge in [0.25, 0.3) is 0 Å². The number of ether oxygens (including phenoxy) is 1. The summed E-state index contributed by atoms with van der Waals surface area (Å²) in [5, 5.41) is 0. The summed E-state index contributed by atoms with van der Waals surface area (Å²) in [6.45, 7) is 0. The van der Waals surface area contributed by atoms with Crippen LogP contribution in [0.2, 0.25) is 0 Å². The molecule has 0 amide bonds. The van der Waals surface area contributed by atoms with E-state index in [4.69, 9.17) is 4.42 Å². The van der Waals surface area contributed by atoms with Crippen molar-refractivity contribution in [3.8, 4) is 11.3 Å². The molecule has 2 rings (SSSR count). The van der Waals surface area contributed by atoms with Crippen LogP contribution in [0.4, 0.5) is 4.39 Å². The molecule has 16 heavy (non-hydrogen) atoms. The number of aromatic nitrogens is 1. The van der Waals surface area contributed by atoms with Crippen LogP contribution in [0.1, 0.15) is 10.4 Å². The number of carbonyl (C=O) groups excluding carboxylic acids is 1. The molecular weight excluding hydrogens is 213 g/mol. The monoisotopic (exact) mass is 221 g/mol. The third-order valence-corrected chi connectivity index (χ3v) is 2.10. The van der Waals surface area contributed by atoms with Gasteiger partial charge in [-0.2, -0.15) is 0 Å². The number of halogens is 1. The molecule has 0 unspecified atom stereocenters. The minimum atomic E-state index is -0.544. The standard InChI is InChI=1S/C11H8FNO3/c1-15-11(14)8-3-2-7(12)4-9(8)10-5-16-6-13-10/h2-6H,1H3. The first kappa shape index (κ1) is 10.4. The second-order valence-corrected chi connectivity index (χ2v) is 3.06. The molecule has 0 radical (unpaired) electrons. The van der Waals surface area contributed by atoms with E-state index in [0.29, 0.717) is 11.3 Å². The molecule has 1 aromatic carbocycles. The molecule has 0 saturated heterocycles. The fourth-order valence-corrected chi connectivity index (χ4v) is 1.36. The van der Waals surface area contributed by atoms with Gasteiger partial charge in [0.1, 0.15) is 17.8 Å². The van der Waals surface area contributed by atoms with Crippen molar-refractivity contribution >= 4 is 5.97 Å². The Morgan fingerprint density at radius 2 is 2.31 bits per heavy atom. The zero-order chi connectivity index (χ0) is 11.5. The predicted molar refractivity (Wildman–Crippen MR) is 53.2 cm³/mol. The molecule has 0 spiro atoms. The molecule has 5 heteroatoms. The van der Waals surface area contributed by atoms with Crippen LogP contribution in [-0.4, -0.2) is 18.1 Å². The molecule has 0 atom stereocenters. The summed E-state index contributed by atoms with van der Waals surface area (Å²) in [6, 6.07) is 3.76. The number of methoxy groups -OCH3 is 1. The van der Waals surface area contributed by atoms with Gasteiger partial charge in [-0.1, -0.05) is 0 Å². The Bertz CT molecular complexity index is 508. The predicted octanol–water partition coefficient (Wildman–Crippen LogP) is 2.27. The van der Waals surface area contributed by atoms with Gasteiger partial charge in [0.05, 0.1) is 12.7 Å². The van der Waals surface area contributed by atoms with Gasteiger partial charge in [-0.3, -0.25) is 0 Å². The Balaban J connectivity index is 2.57. The van der Waals surface area contributed by atoms with Crippen molar-refractivity contribution in [1.82, 2.24) is 4.98 Å². The van der Waals surface area contributed by atoms with E-state index in [0.717, 1.165) is 0 Å². The minimum absolute atomic E-state index is 0.248. The summed E-state index contributed by atoms with van der Waals surface area (Å²) in [5.74, 6) is -0.997. The molecule has 0 saturated carbocycles. The molecule has 0 aliphatic rings. The number of benzene rings is 1. The first-order valence-electron chi connectivity index (χ1n) is 4.49. The number of carbonyl (C=O) groups is 1. The number of esters is 1. The van der Waals surface area contributed by atoms with Crippen LogP contribution in [0.5, 0.6) is 0 Å². The summed E-state index contributed by atoms with van der Waals surface area (Å²) < 4.78 is 22.5. The first-order chi connectivity index (χ1) is 7.72. The van der Waals surface area contributed by atoms with E-state index >= 15 is 0 Å². The van der Waals surface area contributed by atoms with Crippen LogP contribution in [0.3, 0.4) is 0 Å². The maximum absolute atomic E-state index is 13.1. The highest BCUT2D eigenvalue weighted by Crippen LogP contribution is 2.23. The summed E-state index contributed by atoms with van der Waals surface area (Å²) in [4.78, 5) is 15.3. The van der Waals surface area contributed by atoms with E-state index in [1.807, 2.05) is 0 Å². The van der Waals surface area contributed by atoms with Gasteiger partial charge in [-0.25, -0.2) is 14.2 Å². The lowest BCUT2D eigenvalue weighted by Gasteiger charge is -2.04. The van der Waals surface area contributed by atoms with Crippen molar-refractivity contribution < 1.29 is 18.3 Å². The molecule has 0 fully saturated rings. The highest BCUT2D eigenvalue weighted by Gasteiger charge is 2.15. The van der Waals surface area contributed by atoms with Crippen LogP contribution in [0.15, 0.2) is 35.3 Å². The fraction of sp³-hybridized carbons (Fsp3) is 0.0909. The molecule has 82 valence electrons. The largest absolute Gasteiger partial charge is 0.465 e. The topological polar surface area (TPSA) is 52.3 Å². The highest BCUT2D eigenvalue weighted by atomic mass is 19.1. The van der Waals surface area contributed by atoms with Gasteiger partial charge in [0, 0.05) is 5.56 Å². The Hall–Kier alpha value is -2.17. The Morgan fingerprint density at radius 1 is 1.50 bits per heavy atom. The second kappa shape index (κ2) is 4.14. The SMILES string of the molecule is COC(=O)c1ccc(F)cc1-c1cocn1. The van der Waals surface area contributed by atoms with Gasteiger partial charge < -0.3 is 9.15 Å². The Labute approximate surface area is 90.7 Å². The number of hydrogen-bond acceptors (Lipinski definition) is 4.